The molecule has 0 aliphatic carbocycles. The summed E-state index contributed by atoms with van der Waals surface area (Å²) in [6.07, 6.45) is 1.14. The van der Waals surface area contributed by atoms with Gasteiger partial charge in [0.25, 0.3) is 11.6 Å². The van der Waals surface area contributed by atoms with Gasteiger partial charge in [0.15, 0.2) is 11.0 Å². The predicted octanol–water partition coefficient (Wildman–Crippen LogP) is 3.79. The molecule has 10 nitrogen and oxygen atoms in total. The van der Waals surface area contributed by atoms with Gasteiger partial charge in [0.2, 0.25) is 0 Å². The van der Waals surface area contributed by atoms with Crippen LogP contribution >= 0.6 is 11.8 Å². The van der Waals surface area contributed by atoms with Gasteiger partial charge in [-0.15, -0.1) is 10.2 Å². The minimum Gasteiger partial charge on any atom is -0.507 e. The van der Waals surface area contributed by atoms with Crippen LogP contribution in [0.25, 0.3) is 17.1 Å². The average Bonchev–Trinajstić information content (AvgIpc) is 3.29. The number of aromatic hydroxyl groups is 1. The number of aromatic nitrogens is 3. The van der Waals surface area contributed by atoms with Gasteiger partial charge in [-0.2, -0.15) is 5.10 Å². The van der Waals surface area contributed by atoms with Crippen LogP contribution in [0.4, 0.5) is 5.69 Å². The maximum Gasteiger partial charge on any atom is 0.270 e. The molecular formula is C23H18N6O4S. The molecule has 4 rings (SSSR count). The number of nitro groups is 1. The highest BCUT2D eigenvalue weighted by molar-refractivity contribution is 7.99. The number of para-hydroxylation sites is 1. The van der Waals surface area contributed by atoms with Crippen LogP contribution < -0.4 is 5.43 Å². The fraction of sp³-hybridized carbons (Fsp3) is 0.0435. The number of carbonyl (C=O) groups excluding carboxylic acids is 1. The Morgan fingerprint density at radius 1 is 1.09 bits per heavy atom. The molecule has 0 saturated heterocycles. The fourth-order valence-electron chi connectivity index (χ4n) is 3.04. The lowest BCUT2D eigenvalue weighted by Crippen LogP contribution is -2.20. The van der Waals surface area contributed by atoms with Crippen LogP contribution in [0.1, 0.15) is 5.56 Å². The molecule has 2 N–H and O–H groups in total. The number of nitrogens with zero attached hydrogens (tertiary/aromatic N) is 5. The molecule has 34 heavy (non-hydrogen) atoms. The molecule has 0 radical (unpaired) electrons. The van der Waals surface area contributed by atoms with Gasteiger partial charge in [0.1, 0.15) is 5.75 Å². The summed E-state index contributed by atoms with van der Waals surface area (Å²) >= 11 is 1.19. The van der Waals surface area contributed by atoms with Crippen LogP contribution in [0.5, 0.6) is 5.75 Å². The second kappa shape index (κ2) is 10.4. The van der Waals surface area contributed by atoms with Crippen LogP contribution in [0, 0.1) is 10.1 Å². The van der Waals surface area contributed by atoms with Crippen molar-refractivity contribution in [2.45, 2.75) is 5.16 Å². The van der Waals surface area contributed by atoms with Crippen LogP contribution in [0.2, 0.25) is 0 Å². The number of amides is 1. The van der Waals surface area contributed by atoms with E-state index >= 15 is 0 Å². The number of carbonyl (C=O) groups is 1. The van der Waals surface area contributed by atoms with E-state index in [-0.39, 0.29) is 22.8 Å². The second-order valence-corrected chi connectivity index (χ2v) is 7.87. The molecule has 0 aliphatic heterocycles. The summed E-state index contributed by atoms with van der Waals surface area (Å²) in [5, 5.41) is 33.6. The number of nitro benzene ring substituents is 1. The van der Waals surface area contributed by atoms with Gasteiger partial charge in [-0.1, -0.05) is 60.3 Å². The third-order valence-electron chi connectivity index (χ3n) is 4.63. The van der Waals surface area contributed by atoms with Crippen molar-refractivity contribution in [2.24, 2.45) is 5.10 Å². The van der Waals surface area contributed by atoms with Crippen LogP contribution in [0.15, 0.2) is 89.1 Å². The van der Waals surface area contributed by atoms with Gasteiger partial charge in [0.05, 0.1) is 16.9 Å². The number of benzene rings is 3. The Hall–Kier alpha value is -4.51. The van der Waals surface area contributed by atoms with Gasteiger partial charge in [-0.05, 0) is 18.2 Å². The second-order valence-electron chi connectivity index (χ2n) is 6.93. The average molecular weight is 475 g/mol. The lowest BCUT2D eigenvalue weighted by atomic mass is 10.2. The Morgan fingerprint density at radius 2 is 1.79 bits per heavy atom. The number of hydrogen-bond donors (Lipinski definition) is 2. The molecule has 0 atom stereocenters. The number of hydrazone groups is 1. The third-order valence-corrected chi connectivity index (χ3v) is 5.56. The van der Waals surface area contributed by atoms with Crippen LogP contribution in [-0.4, -0.2) is 42.7 Å². The predicted molar refractivity (Wildman–Crippen MR) is 128 cm³/mol. The number of phenols is 1. The minimum absolute atomic E-state index is 0.00197. The molecule has 1 aromatic heterocycles. The van der Waals surface area contributed by atoms with Crippen molar-refractivity contribution in [3.8, 4) is 22.8 Å². The number of non-ortho nitro benzene ring substituents is 1. The van der Waals surface area contributed by atoms with E-state index in [0.29, 0.717) is 11.0 Å². The zero-order valence-electron chi connectivity index (χ0n) is 17.6. The Kier molecular flexibility index (Phi) is 6.94. The lowest BCUT2D eigenvalue weighted by molar-refractivity contribution is -0.384. The van der Waals surface area contributed by atoms with E-state index in [1.807, 2.05) is 65.2 Å². The van der Waals surface area contributed by atoms with E-state index in [4.69, 9.17) is 0 Å². The van der Waals surface area contributed by atoms with E-state index in [1.54, 1.807) is 0 Å². The highest BCUT2D eigenvalue weighted by atomic mass is 32.2. The van der Waals surface area contributed by atoms with E-state index in [9.17, 15) is 20.0 Å². The molecule has 170 valence electrons. The monoisotopic (exact) mass is 474 g/mol. The standard InChI is InChI=1S/C23H18N6O4S/c30-20-12-11-19(29(32)33)13-17(20)14-24-25-21(31)15-34-23-27-26-22(16-7-3-1-4-8-16)28(23)18-9-5-2-6-10-18/h1-14,30H,15H2,(H,25,31). The normalized spacial score (nSPS) is 10.9. The van der Waals surface area contributed by atoms with Crippen molar-refractivity contribution in [3.05, 3.63) is 94.5 Å². The molecule has 0 spiro atoms. The Morgan fingerprint density at radius 3 is 2.50 bits per heavy atom. The molecule has 11 heteroatoms. The van der Waals surface area contributed by atoms with Gasteiger partial charge in [-0.3, -0.25) is 19.5 Å². The maximum atomic E-state index is 12.3. The number of phenolic OH excluding ortho intramolecular Hbond substituents is 1. The Labute approximate surface area is 198 Å². The van der Waals surface area contributed by atoms with E-state index in [0.717, 1.165) is 23.5 Å². The SMILES string of the molecule is O=C(CSc1nnc(-c2ccccc2)n1-c1ccccc1)NN=Cc1cc([N+](=O)[O-])ccc1O. The Bertz CT molecular complexity index is 1340. The summed E-state index contributed by atoms with van der Waals surface area (Å²) in [5.41, 5.74) is 4.00. The summed E-state index contributed by atoms with van der Waals surface area (Å²) in [6.45, 7) is 0. The topological polar surface area (TPSA) is 136 Å². The van der Waals surface area contributed by atoms with Gasteiger partial charge < -0.3 is 5.11 Å². The van der Waals surface area contributed by atoms with E-state index in [2.05, 4.69) is 20.7 Å². The van der Waals surface area contributed by atoms with Crippen molar-refractivity contribution in [1.29, 1.82) is 0 Å². The number of nitrogens with one attached hydrogen (secondary N) is 1. The minimum atomic E-state index is -0.585. The van der Waals surface area contributed by atoms with Crippen molar-refractivity contribution in [2.75, 3.05) is 5.75 Å². The molecule has 0 saturated carbocycles. The van der Waals surface area contributed by atoms with Crippen molar-refractivity contribution in [1.82, 2.24) is 20.2 Å². The summed E-state index contributed by atoms with van der Waals surface area (Å²) in [7, 11) is 0. The quantitative estimate of drug-likeness (QED) is 0.172. The first-order valence-electron chi connectivity index (χ1n) is 10.0. The molecular weight excluding hydrogens is 456 g/mol. The largest absolute Gasteiger partial charge is 0.507 e. The third kappa shape index (κ3) is 5.27. The fourth-order valence-corrected chi connectivity index (χ4v) is 3.79. The van der Waals surface area contributed by atoms with Gasteiger partial charge >= 0.3 is 0 Å². The molecule has 0 bridgehead atoms. The summed E-state index contributed by atoms with van der Waals surface area (Å²) in [5.74, 6) is 0.0316. The molecule has 0 fully saturated rings. The van der Waals surface area contributed by atoms with Gasteiger partial charge in [-0.25, -0.2) is 5.43 Å². The number of thioether (sulfide) groups is 1. The molecule has 0 unspecified atom stereocenters. The smallest absolute Gasteiger partial charge is 0.270 e. The zero-order chi connectivity index (χ0) is 23.9. The van der Waals surface area contributed by atoms with Crippen molar-refractivity contribution in [3.63, 3.8) is 0 Å². The van der Waals surface area contributed by atoms with Crippen LogP contribution in [-0.2, 0) is 4.79 Å². The number of rotatable bonds is 8. The first-order chi connectivity index (χ1) is 16.5. The lowest BCUT2D eigenvalue weighted by Gasteiger charge is -2.10. The molecule has 3 aromatic carbocycles. The Balaban J connectivity index is 1.47. The molecule has 0 aliphatic rings. The number of hydrogen-bond acceptors (Lipinski definition) is 8. The van der Waals surface area contributed by atoms with E-state index in [1.165, 1.54) is 23.9 Å². The molecule has 1 heterocycles. The molecule has 4 aromatic rings. The van der Waals surface area contributed by atoms with Crippen molar-refractivity contribution >= 4 is 29.6 Å². The zero-order valence-corrected chi connectivity index (χ0v) is 18.4. The van der Waals surface area contributed by atoms with E-state index < -0.39 is 10.8 Å². The van der Waals surface area contributed by atoms with Crippen molar-refractivity contribution < 1.29 is 14.8 Å². The van der Waals surface area contributed by atoms with Crippen LogP contribution in [0.3, 0.4) is 0 Å². The molecule has 1 amide bonds. The highest BCUT2D eigenvalue weighted by Gasteiger charge is 2.17. The maximum absolute atomic E-state index is 12.3. The summed E-state index contributed by atoms with van der Waals surface area (Å²) < 4.78 is 1.87. The highest BCUT2D eigenvalue weighted by Crippen LogP contribution is 2.27. The first kappa shape index (κ1) is 22.7. The first-order valence-corrected chi connectivity index (χ1v) is 11.0. The summed E-state index contributed by atoms with van der Waals surface area (Å²) in [6, 6.07) is 22.7. The summed E-state index contributed by atoms with van der Waals surface area (Å²) in [4.78, 5) is 22.6. The van der Waals surface area contributed by atoms with Gasteiger partial charge in [0, 0.05) is 28.9 Å².